The van der Waals surface area contributed by atoms with E-state index in [0.29, 0.717) is 21.4 Å². The van der Waals surface area contributed by atoms with Gasteiger partial charge in [0.25, 0.3) is 5.91 Å². The van der Waals surface area contributed by atoms with Crippen LogP contribution in [-0.2, 0) is 0 Å². The standard InChI is InChI=1S/C19H13BrCl2N2O2S/c1-10-9-11(20)5-6-14(10)23-19(27)24-18(25)16-8-7-15(26-16)12-3-2-4-13(21)17(12)22/h2-9H,1H3,(H2,23,24,25,27). The maximum atomic E-state index is 12.4. The molecule has 0 aliphatic rings. The third kappa shape index (κ3) is 4.71. The van der Waals surface area contributed by atoms with E-state index in [0.717, 1.165) is 15.7 Å². The van der Waals surface area contributed by atoms with Gasteiger partial charge in [0.1, 0.15) is 5.76 Å². The van der Waals surface area contributed by atoms with Gasteiger partial charge in [0.05, 0.1) is 10.0 Å². The van der Waals surface area contributed by atoms with E-state index in [4.69, 9.17) is 39.8 Å². The summed E-state index contributed by atoms with van der Waals surface area (Å²) in [6.07, 6.45) is 0. The Kier molecular flexibility index (Phi) is 6.22. The molecule has 2 N–H and O–H groups in total. The molecule has 0 saturated heterocycles. The lowest BCUT2D eigenvalue weighted by Gasteiger charge is -2.11. The number of benzene rings is 2. The predicted molar refractivity (Wildman–Crippen MR) is 117 cm³/mol. The minimum atomic E-state index is -0.466. The number of furan rings is 1. The van der Waals surface area contributed by atoms with E-state index in [9.17, 15) is 4.79 Å². The summed E-state index contributed by atoms with van der Waals surface area (Å²) in [6.45, 7) is 1.94. The SMILES string of the molecule is Cc1cc(Br)ccc1NC(=S)NC(=O)c1ccc(-c2cccc(Cl)c2Cl)o1. The van der Waals surface area contributed by atoms with Crippen LogP contribution in [0.25, 0.3) is 11.3 Å². The Labute approximate surface area is 180 Å². The molecular formula is C19H13BrCl2N2O2S. The number of hydrogen-bond acceptors (Lipinski definition) is 3. The fourth-order valence-corrected chi connectivity index (χ4v) is 3.46. The number of aryl methyl sites for hydroxylation is 1. The molecule has 3 rings (SSSR count). The molecule has 8 heteroatoms. The molecule has 3 aromatic rings. The first-order valence-electron chi connectivity index (χ1n) is 7.78. The van der Waals surface area contributed by atoms with Crippen molar-refractivity contribution >= 4 is 68.1 Å². The topological polar surface area (TPSA) is 54.3 Å². The van der Waals surface area contributed by atoms with Gasteiger partial charge < -0.3 is 9.73 Å². The normalized spacial score (nSPS) is 10.5. The van der Waals surface area contributed by atoms with Gasteiger partial charge in [-0.2, -0.15) is 0 Å². The van der Waals surface area contributed by atoms with Crippen molar-refractivity contribution < 1.29 is 9.21 Å². The van der Waals surface area contributed by atoms with Gasteiger partial charge in [-0.1, -0.05) is 45.2 Å². The number of hydrogen-bond donors (Lipinski definition) is 2. The molecule has 0 unspecified atom stereocenters. The summed E-state index contributed by atoms with van der Waals surface area (Å²) in [5, 5.41) is 6.53. The summed E-state index contributed by atoms with van der Waals surface area (Å²) in [4.78, 5) is 12.4. The highest BCUT2D eigenvalue weighted by atomic mass is 79.9. The Hall–Kier alpha value is -1.86. The van der Waals surface area contributed by atoms with E-state index in [-0.39, 0.29) is 10.9 Å². The van der Waals surface area contributed by atoms with E-state index >= 15 is 0 Å². The van der Waals surface area contributed by atoms with Crippen LogP contribution in [0.5, 0.6) is 0 Å². The Morgan fingerprint density at radius 1 is 1.15 bits per heavy atom. The van der Waals surface area contributed by atoms with Gasteiger partial charge in [0.15, 0.2) is 10.9 Å². The van der Waals surface area contributed by atoms with Crippen molar-refractivity contribution in [3.05, 3.63) is 74.4 Å². The first-order chi connectivity index (χ1) is 12.8. The quantitative estimate of drug-likeness (QED) is 0.420. The first kappa shape index (κ1) is 19.9. The van der Waals surface area contributed by atoms with Crippen LogP contribution in [-0.4, -0.2) is 11.0 Å². The van der Waals surface area contributed by atoms with Crippen molar-refractivity contribution in [1.82, 2.24) is 5.32 Å². The van der Waals surface area contributed by atoms with Gasteiger partial charge in [-0.3, -0.25) is 10.1 Å². The fraction of sp³-hybridized carbons (Fsp3) is 0.0526. The molecule has 1 heterocycles. The van der Waals surface area contributed by atoms with Crippen LogP contribution in [0.15, 0.2) is 57.4 Å². The molecule has 0 saturated carbocycles. The summed E-state index contributed by atoms with van der Waals surface area (Å²) in [5.41, 5.74) is 2.39. The van der Waals surface area contributed by atoms with Gasteiger partial charge in [-0.25, -0.2) is 0 Å². The second kappa shape index (κ2) is 8.44. The zero-order valence-corrected chi connectivity index (χ0v) is 17.9. The lowest BCUT2D eigenvalue weighted by atomic mass is 10.2. The Morgan fingerprint density at radius 3 is 2.67 bits per heavy atom. The Morgan fingerprint density at radius 2 is 1.93 bits per heavy atom. The molecule has 0 bridgehead atoms. The van der Waals surface area contributed by atoms with Crippen LogP contribution in [0.2, 0.25) is 10.0 Å². The third-order valence-electron chi connectivity index (χ3n) is 3.71. The second-order valence-corrected chi connectivity index (χ2v) is 7.74. The smallest absolute Gasteiger partial charge is 0.293 e. The van der Waals surface area contributed by atoms with Crippen molar-refractivity contribution in [2.24, 2.45) is 0 Å². The molecule has 1 amide bonds. The lowest BCUT2D eigenvalue weighted by Crippen LogP contribution is -2.34. The summed E-state index contributed by atoms with van der Waals surface area (Å²) in [5.74, 6) is 0.0830. The Bertz CT molecular complexity index is 1040. The maximum Gasteiger partial charge on any atom is 0.293 e. The van der Waals surface area contributed by atoms with Gasteiger partial charge in [0, 0.05) is 15.7 Å². The molecule has 138 valence electrons. The largest absolute Gasteiger partial charge is 0.451 e. The van der Waals surface area contributed by atoms with Gasteiger partial charge >= 0.3 is 0 Å². The van der Waals surface area contributed by atoms with E-state index in [1.165, 1.54) is 0 Å². The number of anilines is 1. The van der Waals surface area contributed by atoms with Crippen LogP contribution in [0.4, 0.5) is 5.69 Å². The number of thiocarbonyl (C=S) groups is 1. The van der Waals surface area contributed by atoms with Gasteiger partial charge in [-0.05, 0) is 67.2 Å². The van der Waals surface area contributed by atoms with Crippen molar-refractivity contribution in [2.45, 2.75) is 6.92 Å². The minimum Gasteiger partial charge on any atom is -0.451 e. The molecule has 0 aliphatic carbocycles. The van der Waals surface area contributed by atoms with E-state index in [1.54, 1.807) is 30.3 Å². The molecular weight excluding hydrogens is 471 g/mol. The second-order valence-electron chi connectivity index (χ2n) is 5.63. The van der Waals surface area contributed by atoms with Crippen molar-refractivity contribution in [3.8, 4) is 11.3 Å². The average molecular weight is 484 g/mol. The molecule has 0 atom stereocenters. The predicted octanol–water partition coefficient (Wildman–Crippen LogP) is 6.45. The number of carbonyl (C=O) groups is 1. The Balaban J connectivity index is 1.70. The summed E-state index contributed by atoms with van der Waals surface area (Å²) in [6, 6.07) is 14.1. The zero-order valence-electron chi connectivity index (χ0n) is 14.0. The van der Waals surface area contributed by atoms with Crippen LogP contribution in [0.3, 0.4) is 0 Å². The summed E-state index contributed by atoms with van der Waals surface area (Å²) in [7, 11) is 0. The lowest BCUT2D eigenvalue weighted by molar-refractivity contribution is 0.0951. The molecule has 0 aliphatic heterocycles. The summed E-state index contributed by atoms with van der Waals surface area (Å²) < 4.78 is 6.57. The molecule has 0 spiro atoms. The number of halogens is 3. The molecule has 0 fully saturated rings. The minimum absolute atomic E-state index is 0.109. The highest BCUT2D eigenvalue weighted by Gasteiger charge is 2.16. The van der Waals surface area contributed by atoms with Gasteiger partial charge in [-0.15, -0.1) is 0 Å². The average Bonchev–Trinajstić information content (AvgIpc) is 3.10. The van der Waals surface area contributed by atoms with Crippen LogP contribution < -0.4 is 10.6 Å². The monoisotopic (exact) mass is 482 g/mol. The van der Waals surface area contributed by atoms with Crippen molar-refractivity contribution in [2.75, 3.05) is 5.32 Å². The third-order valence-corrected chi connectivity index (χ3v) is 5.23. The molecule has 2 aromatic carbocycles. The van der Waals surface area contributed by atoms with Crippen LogP contribution in [0.1, 0.15) is 16.1 Å². The molecule has 4 nitrogen and oxygen atoms in total. The van der Waals surface area contributed by atoms with E-state index in [1.807, 2.05) is 25.1 Å². The number of nitrogens with one attached hydrogen (secondary N) is 2. The maximum absolute atomic E-state index is 12.4. The van der Waals surface area contributed by atoms with E-state index < -0.39 is 5.91 Å². The molecule has 1 aromatic heterocycles. The number of amides is 1. The fourth-order valence-electron chi connectivity index (χ4n) is 2.38. The number of carbonyl (C=O) groups excluding carboxylic acids is 1. The first-order valence-corrected chi connectivity index (χ1v) is 9.73. The van der Waals surface area contributed by atoms with Gasteiger partial charge in [0.2, 0.25) is 0 Å². The molecule has 27 heavy (non-hydrogen) atoms. The van der Waals surface area contributed by atoms with E-state index in [2.05, 4.69) is 26.6 Å². The summed E-state index contributed by atoms with van der Waals surface area (Å²) >= 11 is 20.8. The highest BCUT2D eigenvalue weighted by Crippen LogP contribution is 2.34. The van der Waals surface area contributed by atoms with Crippen LogP contribution in [0, 0.1) is 6.92 Å². The van der Waals surface area contributed by atoms with Crippen molar-refractivity contribution in [1.29, 1.82) is 0 Å². The highest BCUT2D eigenvalue weighted by molar-refractivity contribution is 9.10. The molecule has 0 radical (unpaired) electrons. The number of rotatable bonds is 3. The zero-order chi connectivity index (χ0) is 19.6. The van der Waals surface area contributed by atoms with Crippen molar-refractivity contribution in [3.63, 3.8) is 0 Å². The van der Waals surface area contributed by atoms with Crippen LogP contribution >= 0.6 is 51.3 Å².